The standard InChI is InChI=1S/C12H17N3/c13-11-5-3-9(4-6-11)8-10-2-1-7-15-12(10)14/h1-3,7,11H,4-6,8,13H2,(H2,14,15). The molecule has 0 bridgehead atoms. The molecule has 1 heterocycles. The lowest BCUT2D eigenvalue weighted by atomic mass is 9.92. The van der Waals surface area contributed by atoms with Gasteiger partial charge in [0.2, 0.25) is 0 Å². The van der Waals surface area contributed by atoms with E-state index in [1.165, 1.54) is 5.57 Å². The summed E-state index contributed by atoms with van der Waals surface area (Å²) >= 11 is 0. The first-order chi connectivity index (χ1) is 7.25. The number of nitrogen functional groups attached to an aromatic ring is 1. The molecule has 1 aromatic heterocycles. The fraction of sp³-hybridized carbons (Fsp3) is 0.417. The maximum Gasteiger partial charge on any atom is 0.126 e. The summed E-state index contributed by atoms with van der Waals surface area (Å²) in [7, 11) is 0. The largest absolute Gasteiger partial charge is 0.383 e. The molecule has 0 saturated heterocycles. The van der Waals surface area contributed by atoms with Gasteiger partial charge in [-0.2, -0.15) is 0 Å². The van der Waals surface area contributed by atoms with Crippen LogP contribution in [0, 0.1) is 0 Å². The van der Waals surface area contributed by atoms with E-state index in [1.807, 2.05) is 12.1 Å². The molecule has 0 saturated carbocycles. The summed E-state index contributed by atoms with van der Waals surface area (Å²) in [6.45, 7) is 0. The molecule has 1 aromatic rings. The topological polar surface area (TPSA) is 64.9 Å². The molecular weight excluding hydrogens is 186 g/mol. The number of nitrogens with two attached hydrogens (primary N) is 2. The molecule has 0 radical (unpaired) electrons. The van der Waals surface area contributed by atoms with Crippen LogP contribution < -0.4 is 11.5 Å². The Kier molecular flexibility index (Phi) is 3.02. The van der Waals surface area contributed by atoms with E-state index in [1.54, 1.807) is 6.20 Å². The van der Waals surface area contributed by atoms with Crippen molar-refractivity contribution in [1.82, 2.24) is 4.98 Å². The molecule has 1 aliphatic carbocycles. The second-order valence-electron chi connectivity index (χ2n) is 4.12. The third-order valence-electron chi connectivity index (χ3n) is 2.89. The lowest BCUT2D eigenvalue weighted by Crippen LogP contribution is -2.22. The van der Waals surface area contributed by atoms with Crippen molar-refractivity contribution in [3.8, 4) is 0 Å². The first-order valence-electron chi connectivity index (χ1n) is 5.38. The zero-order chi connectivity index (χ0) is 10.7. The van der Waals surface area contributed by atoms with E-state index in [0.29, 0.717) is 11.9 Å². The van der Waals surface area contributed by atoms with Crippen LogP contribution in [0.25, 0.3) is 0 Å². The van der Waals surface area contributed by atoms with E-state index >= 15 is 0 Å². The molecule has 0 aliphatic heterocycles. The molecule has 0 amide bonds. The van der Waals surface area contributed by atoms with Crippen molar-refractivity contribution in [3.63, 3.8) is 0 Å². The average molecular weight is 203 g/mol. The van der Waals surface area contributed by atoms with Crippen molar-refractivity contribution in [3.05, 3.63) is 35.5 Å². The predicted molar refractivity (Wildman–Crippen MR) is 62.3 cm³/mol. The van der Waals surface area contributed by atoms with Gasteiger partial charge in [0.1, 0.15) is 5.82 Å². The Labute approximate surface area is 90.2 Å². The molecule has 4 N–H and O–H groups in total. The second kappa shape index (κ2) is 4.45. The Balaban J connectivity index is 2.06. The SMILES string of the molecule is Nc1ncccc1CC1=CCC(N)CC1. The minimum absolute atomic E-state index is 0.347. The van der Waals surface area contributed by atoms with Crippen molar-refractivity contribution in [1.29, 1.82) is 0 Å². The van der Waals surface area contributed by atoms with Gasteiger partial charge in [0.15, 0.2) is 0 Å². The van der Waals surface area contributed by atoms with Crippen molar-refractivity contribution < 1.29 is 0 Å². The second-order valence-corrected chi connectivity index (χ2v) is 4.12. The molecule has 1 atom stereocenters. The number of anilines is 1. The van der Waals surface area contributed by atoms with E-state index in [2.05, 4.69) is 11.1 Å². The monoisotopic (exact) mass is 203 g/mol. The highest BCUT2D eigenvalue weighted by molar-refractivity contribution is 5.41. The van der Waals surface area contributed by atoms with Gasteiger partial charge < -0.3 is 11.5 Å². The third kappa shape index (κ3) is 2.57. The van der Waals surface area contributed by atoms with Gasteiger partial charge in [0.05, 0.1) is 0 Å². The van der Waals surface area contributed by atoms with Crippen molar-refractivity contribution in [2.75, 3.05) is 5.73 Å². The Morgan fingerprint density at radius 1 is 1.47 bits per heavy atom. The van der Waals surface area contributed by atoms with E-state index < -0.39 is 0 Å². The zero-order valence-corrected chi connectivity index (χ0v) is 8.82. The molecule has 2 rings (SSSR count). The smallest absolute Gasteiger partial charge is 0.126 e. The van der Waals surface area contributed by atoms with Crippen LogP contribution in [0.1, 0.15) is 24.8 Å². The summed E-state index contributed by atoms with van der Waals surface area (Å²) in [5.74, 6) is 0.647. The van der Waals surface area contributed by atoms with Crippen LogP contribution in [-0.2, 0) is 6.42 Å². The first-order valence-corrected chi connectivity index (χ1v) is 5.38. The maximum absolute atomic E-state index is 5.84. The fourth-order valence-electron chi connectivity index (χ4n) is 1.91. The summed E-state index contributed by atoms with van der Waals surface area (Å²) in [6, 6.07) is 4.32. The molecule has 0 fully saturated rings. The van der Waals surface area contributed by atoms with E-state index in [0.717, 1.165) is 31.2 Å². The molecular formula is C12H17N3. The van der Waals surface area contributed by atoms with Gasteiger partial charge in [-0.3, -0.25) is 0 Å². The molecule has 80 valence electrons. The van der Waals surface area contributed by atoms with Gasteiger partial charge >= 0.3 is 0 Å². The van der Waals surface area contributed by atoms with Crippen LogP contribution in [0.5, 0.6) is 0 Å². The van der Waals surface area contributed by atoms with Crippen LogP contribution >= 0.6 is 0 Å². The lowest BCUT2D eigenvalue weighted by molar-refractivity contribution is 0.583. The highest BCUT2D eigenvalue weighted by Gasteiger charge is 2.11. The Morgan fingerprint density at radius 3 is 3.00 bits per heavy atom. The highest BCUT2D eigenvalue weighted by atomic mass is 14.8. The minimum Gasteiger partial charge on any atom is -0.383 e. The fourth-order valence-corrected chi connectivity index (χ4v) is 1.91. The number of nitrogens with zero attached hydrogens (tertiary/aromatic N) is 1. The van der Waals surface area contributed by atoms with Crippen LogP contribution in [0.2, 0.25) is 0 Å². The van der Waals surface area contributed by atoms with Crippen molar-refractivity contribution >= 4 is 5.82 Å². The van der Waals surface area contributed by atoms with Gasteiger partial charge in [0.25, 0.3) is 0 Å². The van der Waals surface area contributed by atoms with Crippen molar-refractivity contribution in [2.45, 2.75) is 31.7 Å². The number of pyridine rings is 1. The number of hydrogen-bond acceptors (Lipinski definition) is 3. The average Bonchev–Trinajstić information content (AvgIpc) is 2.25. The van der Waals surface area contributed by atoms with Gasteiger partial charge in [-0.1, -0.05) is 17.7 Å². The quantitative estimate of drug-likeness (QED) is 0.718. The molecule has 3 nitrogen and oxygen atoms in total. The molecule has 15 heavy (non-hydrogen) atoms. The molecule has 3 heteroatoms. The predicted octanol–water partition coefficient (Wildman–Crippen LogP) is 1.64. The third-order valence-corrected chi connectivity index (χ3v) is 2.89. The number of aromatic nitrogens is 1. The Bertz CT molecular complexity index is 371. The van der Waals surface area contributed by atoms with E-state index in [-0.39, 0.29) is 0 Å². The van der Waals surface area contributed by atoms with Gasteiger partial charge in [-0.15, -0.1) is 0 Å². The number of allylic oxidation sites excluding steroid dienone is 1. The number of hydrogen-bond donors (Lipinski definition) is 2. The van der Waals surface area contributed by atoms with Crippen LogP contribution in [0.15, 0.2) is 30.0 Å². The zero-order valence-electron chi connectivity index (χ0n) is 8.82. The molecule has 0 aromatic carbocycles. The molecule has 1 aliphatic rings. The highest BCUT2D eigenvalue weighted by Crippen LogP contribution is 2.22. The molecule has 1 unspecified atom stereocenters. The minimum atomic E-state index is 0.347. The van der Waals surface area contributed by atoms with Gasteiger partial charge in [-0.05, 0) is 37.3 Å². The van der Waals surface area contributed by atoms with Crippen LogP contribution in [-0.4, -0.2) is 11.0 Å². The normalized spacial score (nSPS) is 21.1. The molecule has 0 spiro atoms. The lowest BCUT2D eigenvalue weighted by Gasteiger charge is -2.18. The van der Waals surface area contributed by atoms with E-state index in [4.69, 9.17) is 11.5 Å². The van der Waals surface area contributed by atoms with Crippen LogP contribution in [0.4, 0.5) is 5.82 Å². The Hall–Kier alpha value is -1.35. The van der Waals surface area contributed by atoms with E-state index in [9.17, 15) is 0 Å². The maximum atomic E-state index is 5.84. The van der Waals surface area contributed by atoms with Gasteiger partial charge in [-0.25, -0.2) is 4.98 Å². The van der Waals surface area contributed by atoms with Gasteiger partial charge in [0, 0.05) is 12.2 Å². The first kappa shape index (κ1) is 10.2. The summed E-state index contributed by atoms with van der Waals surface area (Å²) in [5.41, 5.74) is 14.2. The van der Waals surface area contributed by atoms with Crippen LogP contribution in [0.3, 0.4) is 0 Å². The van der Waals surface area contributed by atoms with Crippen molar-refractivity contribution in [2.24, 2.45) is 5.73 Å². The number of rotatable bonds is 2. The summed E-state index contributed by atoms with van der Waals surface area (Å²) in [5, 5.41) is 0. The Morgan fingerprint density at radius 2 is 2.33 bits per heavy atom. The summed E-state index contributed by atoms with van der Waals surface area (Å²) in [4.78, 5) is 4.09. The summed E-state index contributed by atoms with van der Waals surface area (Å²) < 4.78 is 0. The summed E-state index contributed by atoms with van der Waals surface area (Å²) in [6.07, 6.45) is 8.08.